The van der Waals surface area contributed by atoms with Crippen molar-refractivity contribution in [3.63, 3.8) is 0 Å². The first-order chi connectivity index (χ1) is 11.9. The van der Waals surface area contributed by atoms with Crippen molar-refractivity contribution in [3.8, 4) is 0 Å². The van der Waals surface area contributed by atoms with Gasteiger partial charge in [-0.2, -0.15) is 0 Å². The van der Waals surface area contributed by atoms with Crippen molar-refractivity contribution in [2.45, 2.75) is 0 Å². The van der Waals surface area contributed by atoms with Crippen LogP contribution in [0.5, 0.6) is 0 Å². The van der Waals surface area contributed by atoms with Crippen LogP contribution in [-0.4, -0.2) is 12.4 Å². The molecule has 0 saturated carbocycles. The summed E-state index contributed by atoms with van der Waals surface area (Å²) in [4.78, 5) is 9.11. The third-order valence-electron chi connectivity index (χ3n) is 4.03. The second-order valence-electron chi connectivity index (χ2n) is 5.55. The molecule has 0 aliphatic heterocycles. The van der Waals surface area contributed by atoms with Gasteiger partial charge in [0.05, 0.1) is 11.4 Å². The lowest BCUT2D eigenvalue weighted by Crippen LogP contribution is -1.78. The molecule has 0 heterocycles. The smallest absolute Gasteiger partial charge is 0.0708 e. The first-order valence-electron chi connectivity index (χ1n) is 7.94. The highest BCUT2D eigenvalue weighted by atomic mass is 14.8. The second kappa shape index (κ2) is 6.47. The van der Waals surface area contributed by atoms with E-state index in [0.29, 0.717) is 0 Å². The van der Waals surface area contributed by atoms with Gasteiger partial charge in [-0.1, -0.05) is 72.8 Å². The highest BCUT2D eigenvalue weighted by Gasteiger charge is 1.98. The maximum Gasteiger partial charge on any atom is 0.0708 e. The molecule has 2 nitrogen and oxygen atoms in total. The lowest BCUT2D eigenvalue weighted by atomic mass is 10.1. The molecule has 4 aromatic carbocycles. The number of aliphatic imine (C=N–C) groups is 2. The van der Waals surface area contributed by atoms with Crippen molar-refractivity contribution in [3.05, 3.63) is 84.9 Å². The molecule has 0 fully saturated rings. The summed E-state index contributed by atoms with van der Waals surface area (Å²) in [7, 11) is 0. The SMILES string of the molecule is C(C=Nc1cccc2ccccc12)=Nc1cccc2ccccc12. The highest BCUT2D eigenvalue weighted by molar-refractivity contribution is 6.18. The Kier molecular flexibility index (Phi) is 3.86. The van der Waals surface area contributed by atoms with Crippen LogP contribution in [0.2, 0.25) is 0 Å². The van der Waals surface area contributed by atoms with Gasteiger partial charge in [0.1, 0.15) is 0 Å². The Morgan fingerprint density at radius 2 is 0.875 bits per heavy atom. The lowest BCUT2D eigenvalue weighted by Gasteiger charge is -2.01. The van der Waals surface area contributed by atoms with E-state index in [9.17, 15) is 0 Å². The van der Waals surface area contributed by atoms with Crippen molar-refractivity contribution in [1.29, 1.82) is 0 Å². The minimum Gasteiger partial charge on any atom is -0.255 e. The summed E-state index contributed by atoms with van der Waals surface area (Å²) in [6.45, 7) is 0. The topological polar surface area (TPSA) is 24.7 Å². The minimum absolute atomic E-state index is 0.956. The molecular weight excluding hydrogens is 292 g/mol. The summed E-state index contributed by atoms with van der Waals surface area (Å²) in [6, 6.07) is 28.8. The molecule has 0 saturated heterocycles. The Hall–Kier alpha value is -3.26. The first-order valence-corrected chi connectivity index (χ1v) is 7.94. The van der Waals surface area contributed by atoms with Gasteiger partial charge >= 0.3 is 0 Å². The van der Waals surface area contributed by atoms with Crippen LogP contribution in [-0.2, 0) is 0 Å². The van der Waals surface area contributed by atoms with Gasteiger partial charge in [-0.3, -0.25) is 9.98 Å². The molecule has 4 rings (SSSR count). The average Bonchev–Trinajstić information content (AvgIpc) is 2.65. The fraction of sp³-hybridized carbons (Fsp3) is 0. The molecule has 2 heteroatoms. The van der Waals surface area contributed by atoms with E-state index >= 15 is 0 Å². The molecule has 0 N–H and O–H groups in total. The summed E-state index contributed by atoms with van der Waals surface area (Å²) in [6.07, 6.45) is 3.51. The molecule has 0 spiro atoms. The number of benzene rings is 4. The second-order valence-corrected chi connectivity index (χ2v) is 5.55. The maximum absolute atomic E-state index is 4.56. The molecule has 0 bridgehead atoms. The van der Waals surface area contributed by atoms with Gasteiger partial charge in [-0.15, -0.1) is 0 Å². The quantitative estimate of drug-likeness (QED) is 0.409. The summed E-state index contributed by atoms with van der Waals surface area (Å²) >= 11 is 0. The largest absolute Gasteiger partial charge is 0.255 e. The van der Waals surface area contributed by atoms with Crippen LogP contribution in [0.25, 0.3) is 21.5 Å². The summed E-state index contributed by atoms with van der Waals surface area (Å²) in [5.41, 5.74) is 1.91. The predicted octanol–water partition coefficient (Wildman–Crippen LogP) is 6.10. The minimum atomic E-state index is 0.956. The van der Waals surface area contributed by atoms with Gasteiger partial charge in [-0.05, 0) is 22.9 Å². The van der Waals surface area contributed by atoms with Crippen molar-refractivity contribution in [1.82, 2.24) is 0 Å². The number of fused-ring (bicyclic) bond motifs is 2. The molecule has 114 valence electrons. The maximum atomic E-state index is 4.56. The van der Waals surface area contributed by atoms with E-state index in [2.05, 4.69) is 46.4 Å². The van der Waals surface area contributed by atoms with Crippen LogP contribution >= 0.6 is 0 Å². The van der Waals surface area contributed by atoms with Gasteiger partial charge in [0.25, 0.3) is 0 Å². The first kappa shape index (κ1) is 14.3. The molecule has 0 aromatic heterocycles. The van der Waals surface area contributed by atoms with Crippen molar-refractivity contribution < 1.29 is 0 Å². The van der Waals surface area contributed by atoms with Crippen LogP contribution in [0.3, 0.4) is 0 Å². The summed E-state index contributed by atoms with van der Waals surface area (Å²) < 4.78 is 0. The van der Waals surface area contributed by atoms with Crippen molar-refractivity contribution >= 4 is 45.3 Å². The van der Waals surface area contributed by atoms with Crippen LogP contribution < -0.4 is 0 Å². The Morgan fingerprint density at radius 1 is 0.458 bits per heavy atom. The number of nitrogens with zero attached hydrogens (tertiary/aromatic N) is 2. The zero-order chi connectivity index (χ0) is 16.2. The fourth-order valence-electron chi connectivity index (χ4n) is 2.87. The molecular formula is C22H16N2. The summed E-state index contributed by atoms with van der Waals surface area (Å²) in [5.74, 6) is 0. The Labute approximate surface area is 140 Å². The third-order valence-corrected chi connectivity index (χ3v) is 4.03. The van der Waals surface area contributed by atoms with E-state index in [1.54, 1.807) is 12.4 Å². The lowest BCUT2D eigenvalue weighted by molar-refractivity contribution is 1.57. The normalized spacial score (nSPS) is 11.8. The van der Waals surface area contributed by atoms with Gasteiger partial charge in [-0.25, -0.2) is 0 Å². The molecule has 0 unspecified atom stereocenters. The zero-order valence-electron chi connectivity index (χ0n) is 13.1. The summed E-state index contributed by atoms with van der Waals surface area (Å²) in [5, 5.41) is 4.68. The monoisotopic (exact) mass is 308 g/mol. The van der Waals surface area contributed by atoms with Gasteiger partial charge in [0, 0.05) is 23.2 Å². The van der Waals surface area contributed by atoms with Crippen LogP contribution in [0.1, 0.15) is 0 Å². The van der Waals surface area contributed by atoms with Crippen LogP contribution in [0.4, 0.5) is 11.4 Å². The van der Waals surface area contributed by atoms with Crippen molar-refractivity contribution in [2.24, 2.45) is 9.98 Å². The molecule has 4 aromatic rings. The molecule has 0 amide bonds. The van der Waals surface area contributed by atoms with Crippen LogP contribution in [0, 0.1) is 0 Å². The van der Waals surface area contributed by atoms with E-state index in [-0.39, 0.29) is 0 Å². The Morgan fingerprint density at radius 3 is 1.38 bits per heavy atom. The van der Waals surface area contributed by atoms with E-state index in [4.69, 9.17) is 0 Å². The molecule has 0 aliphatic carbocycles. The number of hydrogen-bond acceptors (Lipinski definition) is 2. The van der Waals surface area contributed by atoms with Crippen molar-refractivity contribution in [2.75, 3.05) is 0 Å². The van der Waals surface area contributed by atoms with E-state index < -0.39 is 0 Å². The van der Waals surface area contributed by atoms with Gasteiger partial charge < -0.3 is 0 Å². The van der Waals surface area contributed by atoms with E-state index in [0.717, 1.165) is 22.1 Å². The predicted molar refractivity (Wildman–Crippen MR) is 104 cm³/mol. The molecule has 24 heavy (non-hydrogen) atoms. The molecule has 0 radical (unpaired) electrons. The standard InChI is InChI=1S/C22H16N2/c1-3-11-19-17(7-1)9-5-13-21(19)23-15-16-24-22-14-6-10-18-8-2-4-12-20(18)22/h1-16H. The van der Waals surface area contributed by atoms with Gasteiger partial charge in [0.2, 0.25) is 0 Å². The zero-order valence-corrected chi connectivity index (χ0v) is 13.1. The highest BCUT2D eigenvalue weighted by Crippen LogP contribution is 2.26. The van der Waals surface area contributed by atoms with Crippen LogP contribution in [0.15, 0.2) is 94.9 Å². The molecule has 0 atom stereocenters. The Bertz CT molecular complexity index is 964. The third kappa shape index (κ3) is 2.82. The number of rotatable bonds is 3. The fourth-order valence-corrected chi connectivity index (χ4v) is 2.87. The van der Waals surface area contributed by atoms with Gasteiger partial charge in [0.15, 0.2) is 0 Å². The Balaban J connectivity index is 1.64. The average molecular weight is 308 g/mol. The van der Waals surface area contributed by atoms with E-state index in [1.165, 1.54) is 10.8 Å². The molecule has 0 aliphatic rings. The van der Waals surface area contributed by atoms with E-state index in [1.807, 2.05) is 48.5 Å². The number of hydrogen-bond donors (Lipinski definition) is 0.